The van der Waals surface area contributed by atoms with E-state index in [2.05, 4.69) is 10.1 Å². The van der Waals surface area contributed by atoms with Gasteiger partial charge < -0.3 is 28.6 Å². The van der Waals surface area contributed by atoms with Gasteiger partial charge in [-0.1, -0.05) is 0 Å². The van der Waals surface area contributed by atoms with Gasteiger partial charge in [0, 0.05) is 0 Å². The standard InChI is InChI=1S/C11H20NO7P/c1-5-17-20(14,18-6-2)7-8-12-9(10(13)15-3)11(16-4)19-8/h8,12H,5-7H2,1-4H3. The Balaban J connectivity index is 2.73. The summed E-state index contributed by atoms with van der Waals surface area (Å²) in [6.07, 6.45) is -0.801. The Kier molecular flexibility index (Phi) is 6.32. The van der Waals surface area contributed by atoms with Crippen LogP contribution in [0.3, 0.4) is 0 Å². The summed E-state index contributed by atoms with van der Waals surface area (Å²) in [4.78, 5) is 11.5. The van der Waals surface area contributed by atoms with E-state index in [0.29, 0.717) is 0 Å². The van der Waals surface area contributed by atoms with Gasteiger partial charge in [0.25, 0.3) is 0 Å². The van der Waals surface area contributed by atoms with Crippen molar-refractivity contribution in [3.05, 3.63) is 11.6 Å². The Morgan fingerprint density at radius 1 is 1.30 bits per heavy atom. The molecule has 0 saturated carbocycles. The second-order valence-electron chi connectivity index (χ2n) is 3.74. The van der Waals surface area contributed by atoms with E-state index in [1.54, 1.807) is 13.8 Å². The van der Waals surface area contributed by atoms with Crippen LogP contribution in [-0.4, -0.2) is 45.8 Å². The first kappa shape index (κ1) is 16.8. The molecule has 0 radical (unpaired) electrons. The van der Waals surface area contributed by atoms with Crippen LogP contribution in [0.15, 0.2) is 11.6 Å². The van der Waals surface area contributed by atoms with E-state index in [1.807, 2.05) is 0 Å². The zero-order valence-electron chi connectivity index (χ0n) is 12.0. The molecule has 1 unspecified atom stereocenters. The summed E-state index contributed by atoms with van der Waals surface area (Å²) < 4.78 is 37.6. The number of esters is 1. The third-order valence-corrected chi connectivity index (χ3v) is 4.46. The number of ether oxygens (including phenoxy) is 3. The fourth-order valence-corrected chi connectivity index (χ4v) is 3.30. The number of rotatable bonds is 8. The maximum absolute atomic E-state index is 12.4. The molecule has 20 heavy (non-hydrogen) atoms. The van der Waals surface area contributed by atoms with Crippen molar-refractivity contribution in [2.45, 2.75) is 20.1 Å². The molecule has 1 N–H and O–H groups in total. The third kappa shape index (κ3) is 4.13. The summed E-state index contributed by atoms with van der Waals surface area (Å²) in [7, 11) is -0.699. The summed E-state index contributed by atoms with van der Waals surface area (Å²) in [5.41, 5.74) is 0.0412. The minimum Gasteiger partial charge on any atom is -0.467 e. The molecule has 0 bridgehead atoms. The van der Waals surface area contributed by atoms with Crippen LogP contribution in [0.2, 0.25) is 0 Å². The molecule has 0 aromatic carbocycles. The smallest absolute Gasteiger partial charge is 0.361 e. The minimum absolute atomic E-state index is 0.0126. The zero-order valence-corrected chi connectivity index (χ0v) is 12.9. The van der Waals surface area contributed by atoms with E-state index < -0.39 is 19.8 Å². The third-order valence-electron chi connectivity index (χ3n) is 2.37. The van der Waals surface area contributed by atoms with Crippen molar-refractivity contribution < 1.29 is 32.6 Å². The Bertz CT molecular complexity index is 413. The monoisotopic (exact) mass is 309 g/mol. The molecule has 0 fully saturated rings. The summed E-state index contributed by atoms with van der Waals surface area (Å²) in [6, 6.07) is 0. The predicted molar refractivity (Wildman–Crippen MR) is 69.8 cm³/mol. The zero-order chi connectivity index (χ0) is 15.2. The van der Waals surface area contributed by atoms with Crippen molar-refractivity contribution in [2.24, 2.45) is 0 Å². The van der Waals surface area contributed by atoms with Crippen molar-refractivity contribution >= 4 is 13.6 Å². The van der Waals surface area contributed by atoms with Crippen LogP contribution >= 0.6 is 7.60 Å². The number of methoxy groups -OCH3 is 2. The van der Waals surface area contributed by atoms with Crippen molar-refractivity contribution in [2.75, 3.05) is 33.6 Å². The molecule has 1 atom stereocenters. The molecule has 0 spiro atoms. The van der Waals surface area contributed by atoms with Crippen molar-refractivity contribution in [1.82, 2.24) is 5.32 Å². The van der Waals surface area contributed by atoms with E-state index in [9.17, 15) is 9.36 Å². The van der Waals surface area contributed by atoms with Crippen LogP contribution in [0.5, 0.6) is 0 Å². The van der Waals surface area contributed by atoms with Crippen molar-refractivity contribution in [3.63, 3.8) is 0 Å². The average molecular weight is 309 g/mol. The van der Waals surface area contributed by atoms with Gasteiger partial charge >= 0.3 is 19.5 Å². The lowest BCUT2D eigenvalue weighted by Crippen LogP contribution is -2.31. The molecule has 0 aliphatic carbocycles. The normalized spacial score (nSPS) is 18.5. The van der Waals surface area contributed by atoms with Crippen molar-refractivity contribution in [3.8, 4) is 0 Å². The van der Waals surface area contributed by atoms with Crippen LogP contribution in [0.25, 0.3) is 0 Å². The molecule has 0 amide bonds. The van der Waals surface area contributed by atoms with Crippen molar-refractivity contribution in [1.29, 1.82) is 0 Å². The number of hydrogen-bond donors (Lipinski definition) is 1. The fraction of sp³-hybridized carbons (Fsp3) is 0.727. The van der Waals surface area contributed by atoms with E-state index in [0.717, 1.165) is 0 Å². The van der Waals surface area contributed by atoms with E-state index in [-0.39, 0.29) is 31.0 Å². The highest BCUT2D eigenvalue weighted by molar-refractivity contribution is 7.53. The molecule has 0 aromatic heterocycles. The fourth-order valence-electron chi connectivity index (χ4n) is 1.65. The van der Waals surface area contributed by atoms with E-state index >= 15 is 0 Å². The number of hydrogen-bond acceptors (Lipinski definition) is 8. The van der Waals surface area contributed by atoms with Gasteiger partial charge in [-0.3, -0.25) is 4.57 Å². The van der Waals surface area contributed by atoms with Gasteiger partial charge in [0.05, 0.1) is 27.4 Å². The van der Waals surface area contributed by atoms with Gasteiger partial charge in [0.2, 0.25) is 5.70 Å². The number of carbonyl (C=O) groups is 1. The molecule has 9 heteroatoms. The summed E-state index contributed by atoms with van der Waals surface area (Å²) >= 11 is 0. The average Bonchev–Trinajstić information content (AvgIpc) is 2.80. The van der Waals surface area contributed by atoms with Gasteiger partial charge in [-0.2, -0.15) is 0 Å². The number of carbonyl (C=O) groups excluding carboxylic acids is 1. The Morgan fingerprint density at radius 3 is 2.35 bits per heavy atom. The van der Waals surface area contributed by atoms with Gasteiger partial charge in [-0.05, 0) is 13.8 Å². The summed E-state index contributed by atoms with van der Waals surface area (Å²) in [6.45, 7) is 3.93. The molecule has 1 aliphatic heterocycles. The molecule has 116 valence electrons. The van der Waals surface area contributed by atoms with Crippen LogP contribution in [-0.2, 0) is 32.6 Å². The molecular formula is C11H20NO7P. The highest BCUT2D eigenvalue weighted by atomic mass is 31.2. The van der Waals surface area contributed by atoms with Crippen LogP contribution in [0.4, 0.5) is 0 Å². The van der Waals surface area contributed by atoms with Crippen LogP contribution in [0, 0.1) is 0 Å². The molecule has 1 heterocycles. The van der Waals surface area contributed by atoms with Gasteiger partial charge in [-0.15, -0.1) is 0 Å². The lowest BCUT2D eigenvalue weighted by atomic mass is 10.4. The van der Waals surface area contributed by atoms with Crippen LogP contribution < -0.4 is 5.32 Å². The Hall–Kier alpha value is -1.24. The Labute approximate surface area is 117 Å². The molecular weight excluding hydrogens is 289 g/mol. The Morgan fingerprint density at radius 2 is 1.90 bits per heavy atom. The first-order chi connectivity index (χ1) is 9.49. The van der Waals surface area contributed by atoms with Gasteiger partial charge in [-0.25, -0.2) is 4.79 Å². The van der Waals surface area contributed by atoms with Crippen LogP contribution in [0.1, 0.15) is 13.8 Å². The SMILES string of the molecule is CCOP(=O)(CC1NC(C(=O)OC)=C(OC)O1)OCC. The molecule has 0 saturated heterocycles. The highest BCUT2D eigenvalue weighted by Gasteiger charge is 2.37. The summed E-state index contributed by atoms with van der Waals surface area (Å²) in [5.74, 6) is -0.645. The lowest BCUT2D eigenvalue weighted by molar-refractivity contribution is -0.136. The second-order valence-corrected chi connectivity index (χ2v) is 5.84. The summed E-state index contributed by atoms with van der Waals surface area (Å²) in [5, 5.41) is 2.74. The quantitative estimate of drug-likeness (QED) is 0.528. The number of nitrogens with one attached hydrogen (secondary N) is 1. The van der Waals surface area contributed by atoms with Gasteiger partial charge in [0.15, 0.2) is 6.23 Å². The maximum Gasteiger partial charge on any atom is 0.361 e. The largest absolute Gasteiger partial charge is 0.467 e. The molecule has 8 nitrogen and oxygen atoms in total. The van der Waals surface area contributed by atoms with Gasteiger partial charge in [0.1, 0.15) is 6.16 Å². The van der Waals surface area contributed by atoms with E-state index in [1.165, 1.54) is 14.2 Å². The maximum atomic E-state index is 12.4. The molecule has 0 aromatic rings. The lowest BCUT2D eigenvalue weighted by Gasteiger charge is -2.20. The predicted octanol–water partition coefficient (Wildman–Crippen LogP) is 1.19. The first-order valence-electron chi connectivity index (χ1n) is 6.17. The molecule has 1 aliphatic rings. The van der Waals surface area contributed by atoms with E-state index in [4.69, 9.17) is 18.5 Å². The highest BCUT2D eigenvalue weighted by Crippen LogP contribution is 2.49. The second kappa shape index (κ2) is 7.52. The topological polar surface area (TPSA) is 92.3 Å². The molecule has 1 rings (SSSR count). The first-order valence-corrected chi connectivity index (χ1v) is 7.90. The minimum atomic E-state index is -3.29.